The van der Waals surface area contributed by atoms with Gasteiger partial charge in [0.05, 0.1) is 6.61 Å². The van der Waals surface area contributed by atoms with Gasteiger partial charge in [0.25, 0.3) is 0 Å². The molecule has 2 aromatic rings. The van der Waals surface area contributed by atoms with E-state index in [4.69, 9.17) is 21.1 Å². The molecular weight excluding hydrogens is 312 g/mol. The maximum Gasteiger partial charge on any atom is 0.243 e. The normalized spacial score (nSPS) is 37.6. The predicted molar refractivity (Wildman–Crippen MR) is 76.7 cm³/mol. The zero-order valence-corrected chi connectivity index (χ0v) is 12.4. The van der Waals surface area contributed by atoms with E-state index in [-0.39, 0.29) is 11.9 Å². The van der Waals surface area contributed by atoms with Crippen molar-refractivity contribution in [3.05, 3.63) is 23.6 Å². The molecule has 5 atom stereocenters. The summed E-state index contributed by atoms with van der Waals surface area (Å²) in [6.45, 7) is 1.93. The summed E-state index contributed by atoms with van der Waals surface area (Å²) in [5.41, 5.74) is -0.201. The Morgan fingerprint density at radius 3 is 3.14 bits per heavy atom. The first kappa shape index (κ1) is 14.2. The number of ether oxygens (including phenoxy) is 2. The van der Waals surface area contributed by atoms with Crippen molar-refractivity contribution in [2.45, 2.75) is 37.1 Å². The van der Waals surface area contributed by atoms with Crippen molar-refractivity contribution in [3.63, 3.8) is 0 Å². The summed E-state index contributed by atoms with van der Waals surface area (Å²) in [6, 6.07) is 2.94. The smallest absolute Gasteiger partial charge is 0.243 e. The van der Waals surface area contributed by atoms with E-state index in [2.05, 4.69) is 15.4 Å². The molecule has 118 valence electrons. The molecule has 2 bridgehead atoms. The Bertz CT molecular complexity index is 725. The number of fused-ring (bicyclic) bond motifs is 3. The van der Waals surface area contributed by atoms with Crippen molar-refractivity contribution in [3.8, 4) is 0 Å². The zero-order chi connectivity index (χ0) is 15.5. The van der Waals surface area contributed by atoms with E-state index < -0.39 is 30.1 Å². The van der Waals surface area contributed by atoms with Crippen LogP contribution in [0.4, 0.5) is 5.82 Å². The topological polar surface area (TPSA) is 101 Å². The number of nitrogens with one attached hydrogen (secondary N) is 1. The fourth-order valence-corrected chi connectivity index (χ4v) is 3.12. The molecule has 4 heterocycles. The van der Waals surface area contributed by atoms with Gasteiger partial charge in [-0.1, -0.05) is 0 Å². The van der Waals surface area contributed by atoms with Gasteiger partial charge in [-0.05, 0) is 30.7 Å². The van der Waals surface area contributed by atoms with Gasteiger partial charge in [-0.3, -0.25) is 0 Å². The van der Waals surface area contributed by atoms with Gasteiger partial charge in [-0.25, -0.2) is 4.52 Å². The highest BCUT2D eigenvalue weighted by Gasteiger charge is 2.56. The molecule has 0 radical (unpaired) electrons. The Morgan fingerprint density at radius 2 is 2.32 bits per heavy atom. The molecule has 3 N–H and O–H groups in total. The number of hydrogen-bond acceptors (Lipinski definition) is 7. The van der Waals surface area contributed by atoms with E-state index in [0.717, 1.165) is 0 Å². The van der Waals surface area contributed by atoms with Crippen molar-refractivity contribution in [1.82, 2.24) is 14.6 Å². The van der Waals surface area contributed by atoms with Gasteiger partial charge in [-0.2, -0.15) is 4.98 Å². The lowest BCUT2D eigenvalue weighted by atomic mass is 9.89. The third-order valence-electron chi connectivity index (χ3n) is 4.20. The third-order valence-corrected chi connectivity index (χ3v) is 4.36. The monoisotopic (exact) mass is 326 g/mol. The second-order valence-electron chi connectivity index (χ2n) is 5.78. The fourth-order valence-electron chi connectivity index (χ4n) is 2.96. The Kier molecular flexibility index (Phi) is 3.07. The first-order valence-electron chi connectivity index (χ1n) is 6.91. The average molecular weight is 327 g/mol. The molecule has 2 fully saturated rings. The number of aliphatic hydroxyl groups is 2. The quantitative estimate of drug-likeness (QED) is 0.715. The molecule has 0 unspecified atom stereocenters. The van der Waals surface area contributed by atoms with Crippen LogP contribution in [-0.4, -0.2) is 61.6 Å². The molecule has 0 spiro atoms. The SMILES string of the molecule is C[C@@]12CO[C@@H](O1)[C@H](Nc1nc(Cl)nn3cccc13)[C@@H](O)[C@H]2O. The summed E-state index contributed by atoms with van der Waals surface area (Å²) < 4.78 is 12.8. The molecule has 2 aliphatic rings. The van der Waals surface area contributed by atoms with Gasteiger partial charge in [-0.15, -0.1) is 5.10 Å². The summed E-state index contributed by atoms with van der Waals surface area (Å²) in [5, 5.41) is 27.8. The standard InChI is InChI=1S/C13H15ClN4O4/c1-13-5-21-11(22-13)7(8(19)9(13)20)15-10-6-3-2-4-18(6)17-12(14)16-10/h2-4,7-9,11,19-20H,5H2,1H3,(H,15,16,17)/t7-,8-,9-,11+,13+/m1/s1. The van der Waals surface area contributed by atoms with Gasteiger partial charge < -0.3 is 25.0 Å². The Balaban J connectivity index is 1.69. The number of aliphatic hydroxyl groups excluding tert-OH is 2. The minimum atomic E-state index is -1.07. The molecule has 8 nitrogen and oxygen atoms in total. The second-order valence-corrected chi connectivity index (χ2v) is 6.12. The van der Waals surface area contributed by atoms with Crippen LogP contribution in [0.1, 0.15) is 6.92 Å². The van der Waals surface area contributed by atoms with Crippen LogP contribution < -0.4 is 5.32 Å². The predicted octanol–water partition coefficient (Wildman–Crippen LogP) is 0.0302. The molecule has 0 amide bonds. The Morgan fingerprint density at radius 1 is 1.50 bits per heavy atom. The molecule has 0 aliphatic carbocycles. The van der Waals surface area contributed by atoms with Crippen LogP contribution >= 0.6 is 11.6 Å². The number of aromatic nitrogens is 3. The first-order chi connectivity index (χ1) is 10.5. The van der Waals surface area contributed by atoms with Crippen LogP contribution in [-0.2, 0) is 9.47 Å². The second kappa shape index (κ2) is 4.77. The summed E-state index contributed by atoms with van der Waals surface area (Å²) in [7, 11) is 0. The molecule has 0 saturated carbocycles. The number of nitrogens with zero attached hydrogens (tertiary/aromatic N) is 3. The van der Waals surface area contributed by atoms with E-state index >= 15 is 0 Å². The average Bonchev–Trinajstić information content (AvgIpc) is 3.08. The Labute approximate surface area is 130 Å². The third kappa shape index (κ3) is 1.99. The molecular formula is C13H15ClN4O4. The van der Waals surface area contributed by atoms with Gasteiger partial charge in [0.1, 0.15) is 29.4 Å². The lowest BCUT2D eigenvalue weighted by molar-refractivity contribution is -0.208. The summed E-state index contributed by atoms with van der Waals surface area (Å²) in [6.07, 6.45) is -1.06. The maximum absolute atomic E-state index is 10.4. The van der Waals surface area contributed by atoms with Crippen LogP contribution in [0.5, 0.6) is 0 Å². The van der Waals surface area contributed by atoms with E-state index in [1.165, 1.54) is 0 Å². The number of anilines is 1. The zero-order valence-electron chi connectivity index (χ0n) is 11.7. The number of rotatable bonds is 2. The van der Waals surface area contributed by atoms with Crippen LogP contribution in [0.25, 0.3) is 5.52 Å². The lowest BCUT2D eigenvalue weighted by Gasteiger charge is -2.41. The van der Waals surface area contributed by atoms with Crippen molar-refractivity contribution < 1.29 is 19.7 Å². The highest BCUT2D eigenvalue weighted by atomic mass is 35.5. The molecule has 0 aromatic carbocycles. The molecule has 4 rings (SSSR count). The molecule has 2 aromatic heterocycles. The van der Waals surface area contributed by atoms with Crippen molar-refractivity contribution in [1.29, 1.82) is 0 Å². The van der Waals surface area contributed by atoms with Crippen LogP contribution in [0, 0.1) is 0 Å². The summed E-state index contributed by atoms with van der Waals surface area (Å²) >= 11 is 5.91. The van der Waals surface area contributed by atoms with E-state index in [1.54, 1.807) is 23.7 Å². The van der Waals surface area contributed by atoms with Gasteiger partial charge in [0, 0.05) is 6.20 Å². The van der Waals surface area contributed by atoms with E-state index in [9.17, 15) is 10.2 Å². The molecule has 2 aliphatic heterocycles. The largest absolute Gasteiger partial charge is 0.388 e. The van der Waals surface area contributed by atoms with E-state index in [1.807, 2.05) is 6.07 Å². The van der Waals surface area contributed by atoms with Crippen molar-refractivity contribution >= 4 is 22.9 Å². The van der Waals surface area contributed by atoms with Crippen molar-refractivity contribution in [2.24, 2.45) is 0 Å². The van der Waals surface area contributed by atoms with E-state index in [0.29, 0.717) is 11.3 Å². The summed E-state index contributed by atoms with van der Waals surface area (Å²) in [4.78, 5) is 4.15. The highest BCUT2D eigenvalue weighted by Crippen LogP contribution is 2.37. The van der Waals surface area contributed by atoms with Crippen LogP contribution in [0.2, 0.25) is 5.28 Å². The molecule has 9 heteroatoms. The minimum Gasteiger partial charge on any atom is -0.388 e. The van der Waals surface area contributed by atoms with Crippen molar-refractivity contribution in [2.75, 3.05) is 11.9 Å². The molecule has 22 heavy (non-hydrogen) atoms. The van der Waals surface area contributed by atoms with Gasteiger partial charge in [0.2, 0.25) is 5.28 Å². The lowest BCUT2D eigenvalue weighted by Crippen LogP contribution is -2.61. The highest BCUT2D eigenvalue weighted by molar-refractivity contribution is 6.28. The Hall–Kier alpha value is -1.45. The van der Waals surface area contributed by atoms with Gasteiger partial charge in [0.15, 0.2) is 12.1 Å². The fraction of sp³-hybridized carbons (Fsp3) is 0.538. The summed E-state index contributed by atoms with van der Waals surface area (Å²) in [5.74, 6) is 0.434. The molecule has 2 saturated heterocycles. The first-order valence-corrected chi connectivity index (χ1v) is 7.29. The number of hydrogen-bond donors (Lipinski definition) is 3. The maximum atomic E-state index is 10.4. The van der Waals surface area contributed by atoms with Crippen LogP contribution in [0.15, 0.2) is 18.3 Å². The number of halogens is 1. The van der Waals surface area contributed by atoms with Crippen LogP contribution in [0.3, 0.4) is 0 Å². The minimum absolute atomic E-state index is 0.0649. The van der Waals surface area contributed by atoms with Gasteiger partial charge >= 0.3 is 0 Å².